The highest BCUT2D eigenvalue weighted by atomic mass is 16.5. The van der Waals surface area contributed by atoms with Crippen molar-refractivity contribution in [1.82, 2.24) is 5.32 Å². The molecule has 0 fully saturated rings. The third-order valence-corrected chi connectivity index (χ3v) is 5.90. The Morgan fingerprint density at radius 2 is 2.03 bits per heavy atom. The van der Waals surface area contributed by atoms with Crippen LogP contribution in [0.4, 0.5) is 0 Å². The Hall–Kier alpha value is -2.62. The summed E-state index contributed by atoms with van der Waals surface area (Å²) in [6.07, 6.45) is 21.5. The van der Waals surface area contributed by atoms with Gasteiger partial charge in [-0.1, -0.05) is 89.8 Å². The van der Waals surface area contributed by atoms with Crippen molar-refractivity contribution in [3.63, 3.8) is 0 Å². The Morgan fingerprint density at radius 3 is 2.70 bits per heavy atom. The fraction of sp³-hybridized carbons (Fsp3) is 0.517. The molecule has 182 valence electrons. The predicted octanol–water partition coefficient (Wildman–Crippen LogP) is 7.13. The van der Waals surface area contributed by atoms with Crippen molar-refractivity contribution < 1.29 is 14.3 Å². The lowest BCUT2D eigenvalue weighted by Gasteiger charge is -2.32. The van der Waals surface area contributed by atoms with E-state index in [1.54, 1.807) is 30.5 Å². The van der Waals surface area contributed by atoms with Crippen LogP contribution in [0.3, 0.4) is 0 Å². The lowest BCUT2D eigenvalue weighted by atomic mass is 9.79. The number of carbonyl (C=O) groups excluding carboxylic acids is 2. The number of ether oxygens (including phenoxy) is 1. The van der Waals surface area contributed by atoms with E-state index >= 15 is 0 Å². The van der Waals surface area contributed by atoms with Gasteiger partial charge in [-0.25, -0.2) is 0 Å². The molecule has 0 radical (unpaired) electrons. The van der Waals surface area contributed by atoms with Crippen molar-refractivity contribution >= 4 is 12.2 Å². The summed E-state index contributed by atoms with van der Waals surface area (Å²) >= 11 is 0. The number of unbranched alkanes of at least 4 members (excludes halogenated alkanes) is 2. The van der Waals surface area contributed by atoms with Gasteiger partial charge in [-0.05, 0) is 49.3 Å². The van der Waals surface area contributed by atoms with E-state index in [1.165, 1.54) is 5.57 Å². The van der Waals surface area contributed by atoms with E-state index in [2.05, 4.69) is 44.3 Å². The molecule has 1 amide bonds. The molecule has 0 aromatic rings. The molecule has 1 aliphatic carbocycles. The lowest BCUT2D eigenvalue weighted by molar-refractivity contribution is -0.123. The number of allylic oxidation sites excluding steroid dienone is 9. The molecule has 1 atom stereocenters. The van der Waals surface area contributed by atoms with E-state index in [9.17, 15) is 9.59 Å². The Bertz CT molecular complexity index is 822. The SMILES string of the molecule is CC.C\C=C/C(C=O)=C\C=C\NC(=O)C(CCCCC)C1=CC2=C(C=CC1)C(C)(C)CCO2. The van der Waals surface area contributed by atoms with Crippen molar-refractivity contribution in [2.45, 2.75) is 80.1 Å². The van der Waals surface area contributed by atoms with E-state index < -0.39 is 0 Å². The monoisotopic (exact) mass is 453 g/mol. The van der Waals surface area contributed by atoms with Gasteiger partial charge in [0.1, 0.15) is 12.0 Å². The van der Waals surface area contributed by atoms with Gasteiger partial charge in [0.2, 0.25) is 5.91 Å². The fourth-order valence-corrected chi connectivity index (χ4v) is 3.97. The zero-order valence-corrected chi connectivity index (χ0v) is 21.4. The second kappa shape index (κ2) is 15.3. The second-order valence-electron chi connectivity index (χ2n) is 8.79. The molecule has 0 bridgehead atoms. The van der Waals surface area contributed by atoms with Gasteiger partial charge in [0.05, 0.1) is 12.5 Å². The molecule has 1 heterocycles. The molecule has 0 spiro atoms. The molecule has 1 N–H and O–H groups in total. The maximum atomic E-state index is 13.1. The maximum absolute atomic E-state index is 13.1. The van der Waals surface area contributed by atoms with Crippen LogP contribution < -0.4 is 5.32 Å². The van der Waals surface area contributed by atoms with Crippen LogP contribution >= 0.6 is 0 Å². The summed E-state index contributed by atoms with van der Waals surface area (Å²) in [5.41, 5.74) is 2.95. The molecular weight excluding hydrogens is 410 g/mol. The summed E-state index contributed by atoms with van der Waals surface area (Å²) in [5.74, 6) is 0.693. The van der Waals surface area contributed by atoms with Gasteiger partial charge in [0.15, 0.2) is 0 Å². The van der Waals surface area contributed by atoms with Crippen molar-refractivity contribution in [2.75, 3.05) is 6.61 Å². The summed E-state index contributed by atoms with van der Waals surface area (Å²) < 4.78 is 6.00. The molecule has 4 nitrogen and oxygen atoms in total. The van der Waals surface area contributed by atoms with E-state index in [0.29, 0.717) is 12.2 Å². The van der Waals surface area contributed by atoms with Crippen LogP contribution in [-0.2, 0) is 14.3 Å². The van der Waals surface area contributed by atoms with E-state index in [-0.39, 0.29) is 17.2 Å². The van der Waals surface area contributed by atoms with Gasteiger partial charge in [-0.3, -0.25) is 9.59 Å². The molecule has 4 heteroatoms. The second-order valence-corrected chi connectivity index (χ2v) is 8.79. The molecule has 2 aliphatic rings. The van der Waals surface area contributed by atoms with Crippen molar-refractivity contribution in [3.8, 4) is 0 Å². The first-order valence-corrected chi connectivity index (χ1v) is 12.4. The van der Waals surface area contributed by atoms with Crippen LogP contribution in [0.25, 0.3) is 0 Å². The highest BCUT2D eigenvalue weighted by molar-refractivity contribution is 5.83. The predicted molar refractivity (Wildman–Crippen MR) is 138 cm³/mol. The number of hydrogen-bond donors (Lipinski definition) is 1. The molecule has 0 aromatic heterocycles. The first-order chi connectivity index (χ1) is 15.9. The smallest absolute Gasteiger partial charge is 0.231 e. The Morgan fingerprint density at radius 1 is 1.27 bits per heavy atom. The largest absolute Gasteiger partial charge is 0.493 e. The number of rotatable bonds is 10. The third-order valence-electron chi connectivity index (χ3n) is 5.90. The third kappa shape index (κ3) is 9.03. The number of aldehydes is 1. The quantitative estimate of drug-likeness (QED) is 0.166. The maximum Gasteiger partial charge on any atom is 0.231 e. The number of carbonyl (C=O) groups is 2. The standard InChI is InChI=1S/C27H37NO3.C2H6/c1-5-7-8-14-23(26(30)28-17-10-12-21(20-29)11-6-2)22-13-9-15-24-25(19-22)31-18-16-27(24,3)4;1-2/h6,9-12,15,17,19-20,23H,5,7-8,13-14,16,18H2,1-4H3,(H,28,30);1-2H3/b11-6-,17-10+,21-12+;. The van der Waals surface area contributed by atoms with Gasteiger partial charge < -0.3 is 10.1 Å². The normalized spacial score (nSPS) is 18.6. The molecule has 1 aliphatic heterocycles. The minimum absolute atomic E-state index is 0.0155. The van der Waals surface area contributed by atoms with Crippen LogP contribution in [0, 0.1) is 11.3 Å². The molecule has 0 saturated heterocycles. The average Bonchev–Trinajstić information content (AvgIpc) is 3.03. The molecule has 2 rings (SSSR count). The summed E-state index contributed by atoms with van der Waals surface area (Å²) in [5, 5.41) is 2.91. The van der Waals surface area contributed by atoms with Crippen LogP contribution in [0.15, 0.2) is 71.2 Å². The molecule has 0 aromatic carbocycles. The number of nitrogens with one attached hydrogen (secondary N) is 1. The van der Waals surface area contributed by atoms with Gasteiger partial charge in [0.25, 0.3) is 0 Å². The first kappa shape index (κ1) is 28.4. The van der Waals surface area contributed by atoms with E-state index in [1.807, 2.05) is 20.8 Å². The summed E-state index contributed by atoms with van der Waals surface area (Å²) in [6.45, 7) is 13.2. The summed E-state index contributed by atoms with van der Waals surface area (Å²) in [6, 6.07) is 0. The first-order valence-electron chi connectivity index (χ1n) is 12.4. The fourth-order valence-electron chi connectivity index (χ4n) is 3.97. The molecular formula is C29H43NO3. The molecule has 1 unspecified atom stereocenters. The number of amides is 1. The highest BCUT2D eigenvalue weighted by Crippen LogP contribution is 2.40. The van der Waals surface area contributed by atoms with Gasteiger partial charge >= 0.3 is 0 Å². The van der Waals surface area contributed by atoms with Crippen LogP contribution in [-0.4, -0.2) is 18.8 Å². The molecule has 0 saturated carbocycles. The molecule has 33 heavy (non-hydrogen) atoms. The summed E-state index contributed by atoms with van der Waals surface area (Å²) in [4.78, 5) is 24.1. The van der Waals surface area contributed by atoms with Crippen LogP contribution in [0.5, 0.6) is 0 Å². The van der Waals surface area contributed by atoms with Crippen LogP contribution in [0.2, 0.25) is 0 Å². The topological polar surface area (TPSA) is 55.4 Å². The zero-order valence-electron chi connectivity index (χ0n) is 21.4. The highest BCUT2D eigenvalue weighted by Gasteiger charge is 2.31. The van der Waals surface area contributed by atoms with Crippen molar-refractivity contribution in [2.24, 2.45) is 11.3 Å². The Labute approximate surface area is 201 Å². The average molecular weight is 454 g/mol. The van der Waals surface area contributed by atoms with Gasteiger partial charge in [0, 0.05) is 11.8 Å². The van der Waals surface area contributed by atoms with Gasteiger partial charge in [-0.2, -0.15) is 0 Å². The Kier molecular flexibility index (Phi) is 13.1. The van der Waals surface area contributed by atoms with Crippen molar-refractivity contribution in [1.29, 1.82) is 0 Å². The minimum Gasteiger partial charge on any atom is -0.493 e. The van der Waals surface area contributed by atoms with Crippen molar-refractivity contribution in [3.05, 3.63) is 71.2 Å². The van der Waals surface area contributed by atoms with E-state index in [0.717, 1.165) is 56.1 Å². The number of hydrogen-bond acceptors (Lipinski definition) is 3. The zero-order chi connectivity index (χ0) is 24.7. The minimum atomic E-state index is -0.202. The Balaban J connectivity index is 0.00000265. The van der Waals surface area contributed by atoms with Gasteiger partial charge in [-0.15, -0.1) is 0 Å². The summed E-state index contributed by atoms with van der Waals surface area (Å²) in [7, 11) is 0. The van der Waals surface area contributed by atoms with Crippen LogP contribution in [0.1, 0.15) is 80.1 Å². The van der Waals surface area contributed by atoms with E-state index in [4.69, 9.17) is 4.74 Å². The lowest BCUT2D eigenvalue weighted by Crippen LogP contribution is -2.28.